The van der Waals surface area contributed by atoms with Gasteiger partial charge in [-0.05, 0) is 42.0 Å². The first-order chi connectivity index (χ1) is 11.0. The van der Waals surface area contributed by atoms with Gasteiger partial charge in [0.1, 0.15) is 5.65 Å². The number of aromatic amines is 1. The van der Waals surface area contributed by atoms with E-state index in [1.807, 2.05) is 6.07 Å². The van der Waals surface area contributed by atoms with Crippen LogP contribution in [-0.4, -0.2) is 23.6 Å². The number of sulfonamides is 1. The van der Waals surface area contributed by atoms with Crippen LogP contribution in [0.4, 0.5) is 5.69 Å². The van der Waals surface area contributed by atoms with Crippen LogP contribution in [0.2, 0.25) is 0 Å². The molecule has 0 bridgehead atoms. The zero-order chi connectivity index (χ0) is 16.4. The molecule has 0 aliphatic carbocycles. The number of hydrogen-bond acceptors (Lipinski definition) is 6. The average molecular weight is 333 g/mol. The number of rotatable bonds is 5. The normalized spacial score (nSPS) is 11.7. The third-order valence-corrected chi connectivity index (χ3v) is 4.79. The van der Waals surface area contributed by atoms with Crippen LogP contribution in [0.25, 0.3) is 11.0 Å². The summed E-state index contributed by atoms with van der Waals surface area (Å²) in [6.07, 6.45) is 3.33. The SMILES string of the molecule is O=S(=O)(NCc1ccnc2[nH]ccc12)c1ccc(N([O-])O)cc1. The van der Waals surface area contributed by atoms with Crippen LogP contribution in [0.15, 0.2) is 53.7 Å². The number of nitrogens with zero attached hydrogens (tertiary/aromatic N) is 2. The molecular weight excluding hydrogens is 320 g/mol. The number of H-pyrrole nitrogens is 1. The Morgan fingerprint density at radius 1 is 1.22 bits per heavy atom. The van der Waals surface area contributed by atoms with E-state index in [9.17, 15) is 13.6 Å². The first kappa shape index (κ1) is 15.4. The lowest BCUT2D eigenvalue weighted by molar-refractivity contribution is 0.296. The van der Waals surface area contributed by atoms with Crippen molar-refractivity contribution in [1.82, 2.24) is 14.7 Å². The standard InChI is InChI=1S/C14H13N4O4S/c19-18(20)11-1-3-12(4-2-11)23(21,22)17-9-10-5-7-15-14-13(10)6-8-16-14/h1-8,17,19H,9H2,(H,15,16)/q-1. The molecule has 120 valence electrons. The summed E-state index contributed by atoms with van der Waals surface area (Å²) in [6.45, 7) is 0.106. The van der Waals surface area contributed by atoms with E-state index >= 15 is 0 Å². The van der Waals surface area contributed by atoms with Gasteiger partial charge in [-0.2, -0.15) is 0 Å². The molecule has 23 heavy (non-hydrogen) atoms. The van der Waals surface area contributed by atoms with E-state index in [0.717, 1.165) is 10.9 Å². The zero-order valence-corrected chi connectivity index (χ0v) is 12.6. The Bertz CT molecular complexity index is 919. The molecule has 3 aromatic rings. The number of anilines is 1. The van der Waals surface area contributed by atoms with Crippen molar-refractivity contribution in [2.75, 3.05) is 5.23 Å². The molecule has 1 aromatic carbocycles. The maximum absolute atomic E-state index is 12.3. The van der Waals surface area contributed by atoms with Crippen LogP contribution in [0.1, 0.15) is 5.56 Å². The number of nitrogens with one attached hydrogen (secondary N) is 2. The Balaban J connectivity index is 1.80. The molecule has 2 aromatic heterocycles. The number of fused-ring (bicyclic) bond motifs is 1. The fraction of sp³-hybridized carbons (Fsp3) is 0.0714. The van der Waals surface area contributed by atoms with Crippen molar-refractivity contribution in [2.24, 2.45) is 0 Å². The average Bonchev–Trinajstić information content (AvgIpc) is 3.02. The van der Waals surface area contributed by atoms with Crippen molar-refractivity contribution in [3.8, 4) is 0 Å². The molecule has 0 aliphatic heterocycles. The van der Waals surface area contributed by atoms with E-state index in [1.165, 1.54) is 24.3 Å². The minimum absolute atomic E-state index is 0.00229. The lowest BCUT2D eigenvalue weighted by atomic mass is 10.2. The summed E-state index contributed by atoms with van der Waals surface area (Å²) in [4.78, 5) is 7.10. The molecule has 0 atom stereocenters. The van der Waals surface area contributed by atoms with Crippen molar-refractivity contribution in [1.29, 1.82) is 0 Å². The third-order valence-electron chi connectivity index (χ3n) is 3.37. The highest BCUT2D eigenvalue weighted by Crippen LogP contribution is 2.18. The minimum Gasteiger partial charge on any atom is -0.733 e. The van der Waals surface area contributed by atoms with Crippen molar-refractivity contribution in [2.45, 2.75) is 11.4 Å². The fourth-order valence-corrected chi connectivity index (χ4v) is 3.19. The molecule has 8 nitrogen and oxygen atoms in total. The van der Waals surface area contributed by atoms with Crippen LogP contribution in [0.5, 0.6) is 0 Å². The number of aromatic nitrogens is 2. The second kappa shape index (κ2) is 5.97. The second-order valence-corrected chi connectivity index (χ2v) is 6.57. The van der Waals surface area contributed by atoms with Gasteiger partial charge in [0.15, 0.2) is 0 Å². The van der Waals surface area contributed by atoms with Gasteiger partial charge in [0, 0.05) is 24.3 Å². The van der Waals surface area contributed by atoms with Gasteiger partial charge in [0.25, 0.3) is 0 Å². The van der Waals surface area contributed by atoms with E-state index in [0.29, 0.717) is 5.65 Å². The molecule has 0 saturated carbocycles. The molecule has 0 amide bonds. The van der Waals surface area contributed by atoms with Crippen molar-refractivity contribution < 1.29 is 13.6 Å². The van der Waals surface area contributed by atoms with Gasteiger partial charge in [-0.3, -0.25) is 5.21 Å². The van der Waals surface area contributed by atoms with Gasteiger partial charge in [-0.1, -0.05) is 0 Å². The first-order valence-electron chi connectivity index (χ1n) is 6.64. The molecule has 9 heteroatoms. The molecule has 0 saturated heterocycles. The second-order valence-electron chi connectivity index (χ2n) is 4.80. The van der Waals surface area contributed by atoms with Gasteiger partial charge in [0.05, 0.1) is 10.6 Å². The molecule has 0 aliphatic rings. The van der Waals surface area contributed by atoms with Crippen molar-refractivity contribution in [3.63, 3.8) is 0 Å². The monoisotopic (exact) mass is 333 g/mol. The molecule has 0 fully saturated rings. The molecule has 2 heterocycles. The Morgan fingerprint density at radius 2 is 1.96 bits per heavy atom. The molecule has 3 rings (SSSR count). The number of hydrogen-bond donors (Lipinski definition) is 3. The van der Waals surface area contributed by atoms with Gasteiger partial charge in [-0.15, -0.1) is 0 Å². The third kappa shape index (κ3) is 3.17. The summed E-state index contributed by atoms with van der Waals surface area (Å²) in [5.74, 6) is 0. The number of benzene rings is 1. The molecule has 0 spiro atoms. The van der Waals surface area contributed by atoms with Crippen LogP contribution in [0.3, 0.4) is 0 Å². The lowest BCUT2D eigenvalue weighted by Gasteiger charge is -2.21. The van der Waals surface area contributed by atoms with E-state index in [4.69, 9.17) is 5.21 Å². The van der Waals surface area contributed by atoms with Gasteiger partial charge in [0.2, 0.25) is 10.0 Å². The highest BCUT2D eigenvalue weighted by atomic mass is 32.2. The summed E-state index contributed by atoms with van der Waals surface area (Å²) in [6, 6.07) is 8.50. The van der Waals surface area contributed by atoms with Crippen molar-refractivity contribution >= 4 is 26.7 Å². The zero-order valence-electron chi connectivity index (χ0n) is 11.8. The molecule has 3 N–H and O–H groups in total. The smallest absolute Gasteiger partial charge is 0.240 e. The highest BCUT2D eigenvalue weighted by molar-refractivity contribution is 7.89. The van der Waals surface area contributed by atoms with E-state index < -0.39 is 10.0 Å². The maximum Gasteiger partial charge on any atom is 0.240 e. The van der Waals surface area contributed by atoms with E-state index in [-0.39, 0.29) is 22.4 Å². The predicted octanol–water partition coefficient (Wildman–Crippen LogP) is 1.73. The maximum atomic E-state index is 12.3. The van der Waals surface area contributed by atoms with Gasteiger partial charge in [-0.25, -0.2) is 18.1 Å². The quantitative estimate of drug-likeness (QED) is 0.611. The van der Waals surface area contributed by atoms with E-state index in [1.54, 1.807) is 18.5 Å². The summed E-state index contributed by atoms with van der Waals surface area (Å²) >= 11 is 0. The number of pyridine rings is 1. The summed E-state index contributed by atoms with van der Waals surface area (Å²) in [7, 11) is -3.74. The van der Waals surface area contributed by atoms with Crippen LogP contribution in [-0.2, 0) is 16.6 Å². The van der Waals surface area contributed by atoms with E-state index in [2.05, 4.69) is 14.7 Å². The fourth-order valence-electron chi connectivity index (χ4n) is 2.18. The van der Waals surface area contributed by atoms with Crippen LogP contribution in [0, 0.1) is 5.21 Å². The highest BCUT2D eigenvalue weighted by Gasteiger charge is 2.14. The Kier molecular flexibility index (Phi) is 4.01. The summed E-state index contributed by atoms with van der Waals surface area (Å²) in [5, 5.41) is 20.0. The van der Waals surface area contributed by atoms with Crippen LogP contribution >= 0.6 is 0 Å². The van der Waals surface area contributed by atoms with Crippen LogP contribution < -0.4 is 9.95 Å². The largest absolute Gasteiger partial charge is 0.733 e. The molecular formula is C14H13N4O4S-. The Hall–Kier alpha value is -2.46. The van der Waals surface area contributed by atoms with Gasteiger partial charge < -0.3 is 15.4 Å². The Labute approximate surface area is 132 Å². The first-order valence-corrected chi connectivity index (χ1v) is 8.12. The summed E-state index contributed by atoms with van der Waals surface area (Å²) in [5.41, 5.74) is 1.43. The summed E-state index contributed by atoms with van der Waals surface area (Å²) < 4.78 is 27.0. The van der Waals surface area contributed by atoms with Gasteiger partial charge >= 0.3 is 0 Å². The molecule has 0 unspecified atom stereocenters. The minimum atomic E-state index is -3.74. The molecule has 0 radical (unpaired) electrons. The van der Waals surface area contributed by atoms with Crippen molar-refractivity contribution in [3.05, 3.63) is 59.6 Å². The topological polar surface area (TPSA) is 121 Å². The Morgan fingerprint density at radius 3 is 2.65 bits per heavy atom. The predicted molar refractivity (Wildman–Crippen MR) is 84.2 cm³/mol. The lowest BCUT2D eigenvalue weighted by Crippen LogP contribution is -2.23.